The molecule has 0 spiro atoms. The van der Waals surface area contributed by atoms with E-state index in [1.54, 1.807) is 48.5 Å². The van der Waals surface area contributed by atoms with Gasteiger partial charge in [0.1, 0.15) is 30.1 Å². The zero-order valence-corrected chi connectivity index (χ0v) is 38.5. The molecule has 0 aromatic heterocycles. The molecule has 13 nitrogen and oxygen atoms in total. The predicted octanol–water partition coefficient (Wildman–Crippen LogP) is 9.18. The number of oxime groups is 1. The number of ether oxygens (including phenoxy) is 3. The summed E-state index contributed by atoms with van der Waals surface area (Å²) in [5, 5.41) is 27.6. The molecule has 14 heteroatoms. The summed E-state index contributed by atoms with van der Waals surface area (Å²) in [4.78, 5) is 29.8. The summed E-state index contributed by atoms with van der Waals surface area (Å²) in [6.45, 7) is 7.75. The van der Waals surface area contributed by atoms with Crippen molar-refractivity contribution in [2.75, 3.05) is 31.7 Å². The molecule has 350 valence electrons. The largest absolute Gasteiger partial charge is 0.460 e. The number of sulfonamides is 1. The third kappa shape index (κ3) is 10.6. The van der Waals surface area contributed by atoms with Crippen LogP contribution >= 0.6 is 0 Å². The number of amides is 1. The van der Waals surface area contributed by atoms with Crippen LogP contribution in [0.5, 0.6) is 17.2 Å². The Labute approximate surface area is 388 Å². The van der Waals surface area contributed by atoms with E-state index in [0.29, 0.717) is 53.5 Å². The second-order valence-electron chi connectivity index (χ2n) is 17.1. The first-order valence-corrected chi connectivity index (χ1v) is 24.4. The van der Waals surface area contributed by atoms with Gasteiger partial charge in [0.25, 0.3) is 0 Å². The van der Waals surface area contributed by atoms with Crippen LogP contribution < -0.4 is 14.8 Å². The highest BCUT2D eigenvalue weighted by atomic mass is 32.2. The Balaban J connectivity index is 1.46. The van der Waals surface area contributed by atoms with Gasteiger partial charge < -0.3 is 34.6 Å². The fraction of sp³-hybridized carbons (Fsp3) is 0.404. The van der Waals surface area contributed by atoms with Crippen molar-refractivity contribution in [3.63, 3.8) is 0 Å². The molecule has 2 aliphatic carbocycles. The Morgan fingerprint density at radius 3 is 2.39 bits per heavy atom. The van der Waals surface area contributed by atoms with Crippen molar-refractivity contribution >= 4 is 33.6 Å². The molecule has 3 aliphatic rings. The van der Waals surface area contributed by atoms with Crippen molar-refractivity contribution in [3.8, 4) is 17.2 Å². The van der Waals surface area contributed by atoms with Crippen LogP contribution in [0.15, 0.2) is 131 Å². The van der Waals surface area contributed by atoms with E-state index in [4.69, 9.17) is 24.2 Å². The Kier molecular flexibility index (Phi) is 16.3. The number of rotatable bonds is 23. The van der Waals surface area contributed by atoms with Gasteiger partial charge in [0.05, 0.1) is 29.2 Å². The van der Waals surface area contributed by atoms with Gasteiger partial charge in [-0.3, -0.25) is 9.59 Å². The maximum absolute atomic E-state index is 15.3. The molecule has 1 saturated carbocycles. The molecule has 1 fully saturated rings. The molecule has 4 aromatic carbocycles. The predicted molar refractivity (Wildman–Crippen MR) is 253 cm³/mol. The number of hydrogen-bond donors (Lipinski definition) is 3. The summed E-state index contributed by atoms with van der Waals surface area (Å²) in [5.41, 5.74) is 4.11. The van der Waals surface area contributed by atoms with E-state index in [2.05, 4.69) is 18.0 Å². The van der Waals surface area contributed by atoms with Crippen molar-refractivity contribution in [2.24, 2.45) is 22.9 Å². The van der Waals surface area contributed by atoms with Crippen molar-refractivity contribution in [2.45, 2.75) is 94.5 Å². The van der Waals surface area contributed by atoms with E-state index in [-0.39, 0.29) is 67.9 Å². The standard InChI is InChI=1S/C52H61N3O10S/c1-4-26-55(66(60,61)43-23-20-40(21-24-43)53-36(3)59)49-33-47(54-63-35-37-14-7-6-8-15-37)45-31-39(17-9-11-27-56)44(19-10-12-28-57)50-46-32-42(64-41-18-13-16-38(30-41)34-58)22-25-48(46)65-52(49,51(45)50)62-29-5-2/h5-8,13-16,18,20-25,30-32,34,39,44,49-51,56-57H,2,4,9-12,17,19,26-29,33,35H2,1,3H3,(H,53,59). The van der Waals surface area contributed by atoms with Crippen LogP contribution in [0.2, 0.25) is 0 Å². The molecule has 6 unspecified atom stereocenters. The molecular weight excluding hydrogens is 859 g/mol. The molecular formula is C52H61N3O10S. The number of nitrogens with zero attached hydrogens (tertiary/aromatic N) is 2. The van der Waals surface area contributed by atoms with Crippen LogP contribution in [0, 0.1) is 17.8 Å². The summed E-state index contributed by atoms with van der Waals surface area (Å²) in [7, 11) is -4.29. The molecule has 7 rings (SSSR count). The Bertz CT molecular complexity index is 2480. The molecule has 0 radical (unpaired) electrons. The van der Waals surface area contributed by atoms with E-state index >= 15 is 8.42 Å². The number of unbranched alkanes of at least 4 members (excludes halogenated alkanes) is 2. The summed E-state index contributed by atoms with van der Waals surface area (Å²) >= 11 is 0. The smallest absolute Gasteiger partial charge is 0.243 e. The Hall–Kier alpha value is -5.64. The monoisotopic (exact) mass is 919 g/mol. The van der Waals surface area contributed by atoms with Crippen LogP contribution in [-0.4, -0.2) is 79.0 Å². The van der Waals surface area contributed by atoms with E-state index in [1.165, 1.54) is 23.4 Å². The number of nitrogens with one attached hydrogen (secondary N) is 1. The SMILES string of the molecule is C=CCOC12Oc3ccc(Oc4cccc(C=O)c4)cc3C3C(CCCCO)C(CCCCO)C=C(C(=NOCc4ccccc4)CC1N(CCC)S(=O)(=O)c1ccc(NC(C)=O)cc1)C32. The van der Waals surface area contributed by atoms with Crippen molar-refractivity contribution in [1.29, 1.82) is 0 Å². The highest BCUT2D eigenvalue weighted by Crippen LogP contribution is 2.62. The third-order valence-corrected chi connectivity index (χ3v) is 14.6. The van der Waals surface area contributed by atoms with Crippen LogP contribution in [0.4, 0.5) is 5.69 Å². The average molecular weight is 920 g/mol. The van der Waals surface area contributed by atoms with Gasteiger partial charge in [-0.2, -0.15) is 4.31 Å². The first kappa shape index (κ1) is 48.3. The van der Waals surface area contributed by atoms with Crippen molar-refractivity contribution < 1.29 is 47.3 Å². The summed E-state index contributed by atoms with van der Waals surface area (Å²) in [6, 6.07) is 27.4. The molecule has 0 saturated heterocycles. The van der Waals surface area contributed by atoms with Gasteiger partial charge in [-0.05, 0) is 110 Å². The normalized spacial score (nSPS) is 22.7. The van der Waals surface area contributed by atoms with Crippen LogP contribution in [0.3, 0.4) is 0 Å². The second-order valence-corrected chi connectivity index (χ2v) is 19.0. The number of carbonyl (C=O) groups is 2. The zero-order valence-electron chi connectivity index (χ0n) is 37.7. The second kappa shape index (κ2) is 22.2. The van der Waals surface area contributed by atoms with Crippen molar-refractivity contribution in [3.05, 3.63) is 138 Å². The molecule has 4 aromatic rings. The van der Waals surface area contributed by atoms with Gasteiger partial charge in [-0.25, -0.2) is 8.42 Å². The fourth-order valence-electron chi connectivity index (χ4n) is 9.95. The number of anilines is 1. The van der Waals surface area contributed by atoms with Gasteiger partial charge in [-0.15, -0.1) is 6.58 Å². The molecule has 0 bridgehead atoms. The maximum atomic E-state index is 15.3. The highest BCUT2D eigenvalue weighted by Gasteiger charge is 2.66. The lowest BCUT2D eigenvalue weighted by atomic mass is 9.55. The molecule has 1 aliphatic heterocycles. The summed E-state index contributed by atoms with van der Waals surface area (Å²) in [5.74, 6) is -1.46. The average Bonchev–Trinajstić information content (AvgIpc) is 3.32. The molecule has 1 amide bonds. The van der Waals surface area contributed by atoms with Crippen LogP contribution in [0.1, 0.15) is 92.6 Å². The van der Waals surface area contributed by atoms with Gasteiger partial charge >= 0.3 is 0 Å². The minimum Gasteiger partial charge on any atom is -0.460 e. The minimum absolute atomic E-state index is 0.0168. The van der Waals surface area contributed by atoms with Gasteiger partial charge in [-0.1, -0.05) is 79.5 Å². The van der Waals surface area contributed by atoms with Gasteiger partial charge in [0, 0.05) is 55.8 Å². The number of aliphatic hydroxyl groups excluding tert-OH is 2. The molecule has 1 heterocycles. The molecule has 3 N–H and O–H groups in total. The topological polar surface area (TPSA) is 173 Å². The van der Waals surface area contributed by atoms with E-state index in [1.807, 2.05) is 49.4 Å². The Morgan fingerprint density at radius 1 is 0.955 bits per heavy atom. The number of carbonyl (C=O) groups excluding carboxylic acids is 2. The van der Waals surface area contributed by atoms with E-state index in [9.17, 15) is 19.8 Å². The van der Waals surface area contributed by atoms with Gasteiger partial charge in [0.15, 0.2) is 0 Å². The van der Waals surface area contributed by atoms with Gasteiger partial charge in [0.2, 0.25) is 21.7 Å². The lowest BCUT2D eigenvalue weighted by Crippen LogP contribution is -2.70. The van der Waals surface area contributed by atoms with Crippen LogP contribution in [0.25, 0.3) is 0 Å². The van der Waals surface area contributed by atoms with E-state index < -0.39 is 27.8 Å². The van der Waals surface area contributed by atoms with E-state index in [0.717, 1.165) is 48.7 Å². The molecule has 6 atom stereocenters. The maximum Gasteiger partial charge on any atom is 0.243 e. The minimum atomic E-state index is -4.29. The Morgan fingerprint density at radius 2 is 1.70 bits per heavy atom. The lowest BCUT2D eigenvalue weighted by Gasteiger charge is -2.59. The van der Waals surface area contributed by atoms with Crippen LogP contribution in [-0.2, 0) is 31.0 Å². The summed E-state index contributed by atoms with van der Waals surface area (Å²) < 4.78 is 52.9. The quantitative estimate of drug-likeness (QED) is 0.0282. The number of benzene rings is 4. The number of allylic oxidation sites excluding steroid dienone is 1. The summed E-state index contributed by atoms with van der Waals surface area (Å²) in [6.07, 6.45) is 9.39. The first-order valence-electron chi connectivity index (χ1n) is 22.9. The number of hydrogen-bond acceptors (Lipinski definition) is 11. The number of aliphatic hydroxyl groups is 2. The number of aldehydes is 1. The van der Waals surface area contributed by atoms with Crippen molar-refractivity contribution in [1.82, 2.24) is 4.31 Å². The zero-order chi connectivity index (χ0) is 46.7. The molecule has 66 heavy (non-hydrogen) atoms. The fourth-order valence-corrected chi connectivity index (χ4v) is 11.7. The lowest BCUT2D eigenvalue weighted by molar-refractivity contribution is -0.251. The third-order valence-electron chi connectivity index (χ3n) is 12.7. The first-order chi connectivity index (χ1) is 32.1. The number of fused-ring (bicyclic) bond motifs is 2. The highest BCUT2D eigenvalue weighted by molar-refractivity contribution is 7.89.